The zero-order valence-corrected chi connectivity index (χ0v) is 13.7. The second kappa shape index (κ2) is 6.23. The number of hydrogen-bond donors (Lipinski definition) is 1. The van der Waals surface area contributed by atoms with Gasteiger partial charge in [-0.15, -0.1) is 4.72 Å². The fraction of sp³-hybridized carbons (Fsp3) is 0.583. The van der Waals surface area contributed by atoms with Crippen LogP contribution < -0.4 is 9.46 Å². The molecule has 1 heterocycles. The van der Waals surface area contributed by atoms with E-state index in [1.165, 1.54) is 0 Å². The zero-order valence-electron chi connectivity index (χ0n) is 11.3. The summed E-state index contributed by atoms with van der Waals surface area (Å²) >= 11 is 2.17. The molecular weight excluding hydrogens is 316 g/mol. The summed E-state index contributed by atoms with van der Waals surface area (Å²) in [6.45, 7) is 7.73. The van der Waals surface area contributed by atoms with Gasteiger partial charge in [-0.2, -0.15) is 0 Å². The molecule has 1 aromatic heterocycles. The van der Waals surface area contributed by atoms with Crippen molar-refractivity contribution < 1.29 is 9.29 Å². The molecule has 0 aromatic carbocycles. The van der Waals surface area contributed by atoms with Gasteiger partial charge in [-0.25, -0.2) is 4.98 Å². The number of nitrogens with zero attached hydrogens (tertiary/aromatic N) is 1. The van der Waals surface area contributed by atoms with Gasteiger partial charge in [-0.1, -0.05) is 0 Å². The van der Waals surface area contributed by atoms with Crippen molar-refractivity contribution in [3.63, 3.8) is 0 Å². The van der Waals surface area contributed by atoms with E-state index in [1.807, 2.05) is 39.8 Å². The van der Waals surface area contributed by atoms with Crippen molar-refractivity contribution in [3.8, 4) is 5.88 Å². The van der Waals surface area contributed by atoms with Crippen LogP contribution in [-0.4, -0.2) is 21.4 Å². The van der Waals surface area contributed by atoms with E-state index in [0.717, 1.165) is 5.56 Å². The summed E-state index contributed by atoms with van der Waals surface area (Å²) in [6.07, 6.45) is 0. The van der Waals surface area contributed by atoms with Crippen molar-refractivity contribution in [1.82, 2.24) is 9.71 Å². The number of methoxy groups -OCH3 is 1. The smallest absolute Gasteiger partial charge is 0.219 e. The van der Waals surface area contributed by atoms with Gasteiger partial charge in [0.2, 0.25) is 5.88 Å². The average Bonchev–Trinajstić information content (AvgIpc) is 2.27. The maximum absolute atomic E-state index is 12.0. The fourth-order valence-electron chi connectivity index (χ4n) is 1.32. The topological polar surface area (TPSA) is 57.2 Å². The van der Waals surface area contributed by atoms with Crippen LogP contribution in [0.4, 0.5) is 0 Å². The van der Waals surface area contributed by atoms with E-state index in [1.54, 1.807) is 7.11 Å². The first-order valence-electron chi connectivity index (χ1n) is 5.64. The SMILES string of the molecule is COc1nc(Br)ccc1[C@H](C)N[S+]([O-])C(C)(C)C. The van der Waals surface area contributed by atoms with Crippen LogP contribution in [0.15, 0.2) is 16.7 Å². The van der Waals surface area contributed by atoms with Crippen LogP contribution >= 0.6 is 15.9 Å². The molecule has 6 heteroatoms. The molecule has 0 aliphatic rings. The first-order valence-corrected chi connectivity index (χ1v) is 7.58. The van der Waals surface area contributed by atoms with Gasteiger partial charge < -0.3 is 9.29 Å². The summed E-state index contributed by atoms with van der Waals surface area (Å²) in [6, 6.07) is 3.66. The zero-order chi connectivity index (χ0) is 13.9. The van der Waals surface area contributed by atoms with Crippen molar-refractivity contribution in [2.75, 3.05) is 7.11 Å². The van der Waals surface area contributed by atoms with Gasteiger partial charge >= 0.3 is 0 Å². The highest BCUT2D eigenvalue weighted by Gasteiger charge is 2.29. The minimum atomic E-state index is -1.13. The second-order valence-corrected chi connectivity index (χ2v) is 7.76. The number of hydrogen-bond acceptors (Lipinski definition) is 4. The number of ether oxygens (including phenoxy) is 1. The van der Waals surface area contributed by atoms with E-state index < -0.39 is 11.4 Å². The van der Waals surface area contributed by atoms with E-state index in [2.05, 4.69) is 25.6 Å². The molecule has 102 valence electrons. The van der Waals surface area contributed by atoms with Crippen LogP contribution in [0.1, 0.15) is 39.3 Å². The Morgan fingerprint density at radius 1 is 1.44 bits per heavy atom. The molecule has 0 saturated heterocycles. The summed E-state index contributed by atoms with van der Waals surface area (Å²) in [5, 5.41) is 0. The van der Waals surface area contributed by atoms with Crippen molar-refractivity contribution >= 4 is 27.3 Å². The second-order valence-electron chi connectivity index (χ2n) is 4.95. The molecule has 1 N–H and O–H groups in total. The predicted octanol–water partition coefficient (Wildman–Crippen LogP) is 2.97. The number of halogens is 1. The van der Waals surface area contributed by atoms with E-state index in [4.69, 9.17) is 4.74 Å². The fourth-order valence-corrected chi connectivity index (χ4v) is 2.42. The molecule has 0 aliphatic carbocycles. The Hall–Kier alpha value is -0.300. The number of nitrogens with one attached hydrogen (secondary N) is 1. The molecule has 4 nitrogen and oxygen atoms in total. The van der Waals surface area contributed by atoms with Gasteiger partial charge in [0, 0.05) is 16.9 Å². The van der Waals surface area contributed by atoms with Crippen LogP contribution in [0.3, 0.4) is 0 Å². The van der Waals surface area contributed by atoms with E-state index in [-0.39, 0.29) is 10.8 Å². The Bertz CT molecular complexity index is 410. The number of pyridine rings is 1. The standard InChI is InChI=1S/C12H19BrN2O2S/c1-8(15-18(16)12(2,3)4)9-6-7-10(13)14-11(9)17-5/h6-8,15H,1-5H3/t8-,18?/m0/s1. The molecule has 1 aromatic rings. The van der Waals surface area contributed by atoms with Crippen LogP contribution in [0.5, 0.6) is 5.88 Å². The third kappa shape index (κ3) is 4.12. The first kappa shape index (κ1) is 15.8. The van der Waals surface area contributed by atoms with Crippen LogP contribution in [0.2, 0.25) is 0 Å². The van der Waals surface area contributed by atoms with Crippen molar-refractivity contribution in [2.24, 2.45) is 0 Å². The van der Waals surface area contributed by atoms with Crippen LogP contribution in [-0.2, 0) is 11.4 Å². The normalized spacial score (nSPS) is 15.3. The predicted molar refractivity (Wildman–Crippen MR) is 77.9 cm³/mol. The molecule has 0 saturated carbocycles. The van der Waals surface area contributed by atoms with Crippen LogP contribution in [0, 0.1) is 0 Å². The monoisotopic (exact) mass is 334 g/mol. The molecular formula is C12H19BrN2O2S. The molecule has 0 amide bonds. The lowest BCUT2D eigenvalue weighted by molar-refractivity contribution is 0.387. The van der Waals surface area contributed by atoms with Crippen molar-refractivity contribution in [3.05, 3.63) is 22.3 Å². The van der Waals surface area contributed by atoms with Gasteiger partial charge in [0.1, 0.15) is 9.35 Å². The maximum Gasteiger partial charge on any atom is 0.219 e. The molecule has 0 bridgehead atoms. The maximum atomic E-state index is 12.0. The third-order valence-corrected chi connectivity index (χ3v) is 4.48. The lowest BCUT2D eigenvalue weighted by atomic mass is 10.1. The Labute approximate surface area is 120 Å². The summed E-state index contributed by atoms with van der Waals surface area (Å²) < 4.78 is 20.8. The van der Waals surface area contributed by atoms with Gasteiger partial charge in [-0.05, 0) is 55.8 Å². The van der Waals surface area contributed by atoms with Crippen molar-refractivity contribution in [1.29, 1.82) is 0 Å². The quantitative estimate of drug-likeness (QED) is 0.679. The Balaban J connectivity index is 2.87. The summed E-state index contributed by atoms with van der Waals surface area (Å²) in [4.78, 5) is 4.24. The molecule has 0 radical (unpaired) electrons. The Morgan fingerprint density at radius 2 is 2.06 bits per heavy atom. The Morgan fingerprint density at radius 3 is 2.56 bits per heavy atom. The first-order chi connectivity index (χ1) is 8.25. The number of aromatic nitrogens is 1. The lowest BCUT2D eigenvalue weighted by Gasteiger charge is -2.26. The summed E-state index contributed by atoms with van der Waals surface area (Å²) in [7, 11) is 1.58. The molecule has 0 spiro atoms. The molecule has 2 atom stereocenters. The van der Waals surface area contributed by atoms with Gasteiger partial charge in [0.25, 0.3) is 0 Å². The van der Waals surface area contributed by atoms with Crippen LogP contribution in [0.25, 0.3) is 0 Å². The minimum Gasteiger partial charge on any atom is -0.598 e. The van der Waals surface area contributed by atoms with Gasteiger partial charge in [0.05, 0.1) is 13.2 Å². The highest BCUT2D eigenvalue weighted by atomic mass is 79.9. The lowest BCUT2D eigenvalue weighted by Crippen LogP contribution is -2.40. The molecule has 0 fully saturated rings. The van der Waals surface area contributed by atoms with Gasteiger partial charge in [-0.3, -0.25) is 0 Å². The van der Waals surface area contributed by atoms with Crippen molar-refractivity contribution in [2.45, 2.75) is 38.5 Å². The third-order valence-electron chi connectivity index (χ3n) is 2.36. The van der Waals surface area contributed by atoms with E-state index >= 15 is 0 Å². The highest BCUT2D eigenvalue weighted by molar-refractivity contribution is 9.10. The molecule has 0 aliphatic heterocycles. The molecule has 18 heavy (non-hydrogen) atoms. The Kier molecular flexibility index (Phi) is 5.46. The highest BCUT2D eigenvalue weighted by Crippen LogP contribution is 2.27. The summed E-state index contributed by atoms with van der Waals surface area (Å²) in [5.74, 6) is 0.537. The average molecular weight is 335 g/mol. The van der Waals surface area contributed by atoms with E-state index in [9.17, 15) is 4.55 Å². The van der Waals surface area contributed by atoms with E-state index in [0.29, 0.717) is 10.5 Å². The molecule has 1 unspecified atom stereocenters. The van der Waals surface area contributed by atoms with Gasteiger partial charge in [0.15, 0.2) is 0 Å². The number of rotatable bonds is 4. The largest absolute Gasteiger partial charge is 0.598 e. The molecule has 1 rings (SSSR count). The summed E-state index contributed by atoms with van der Waals surface area (Å²) in [5.41, 5.74) is 0.887. The minimum absolute atomic E-state index is 0.0967.